The highest BCUT2D eigenvalue weighted by Gasteiger charge is 2.40. The first-order valence-corrected chi connectivity index (χ1v) is 10.8. The maximum absolute atomic E-state index is 12.8. The fraction of sp³-hybridized carbons (Fsp3) is 0.667. The lowest BCUT2D eigenvalue weighted by Gasteiger charge is -2.43. The van der Waals surface area contributed by atoms with Gasteiger partial charge in [-0.3, -0.25) is 4.79 Å². The molecule has 3 atom stereocenters. The van der Waals surface area contributed by atoms with E-state index in [1.807, 2.05) is 0 Å². The molecule has 3 N–H and O–H groups in total. The van der Waals surface area contributed by atoms with Crippen molar-refractivity contribution in [2.45, 2.75) is 56.0 Å². The summed E-state index contributed by atoms with van der Waals surface area (Å²) in [5.74, 6) is 2.37. The van der Waals surface area contributed by atoms with E-state index >= 15 is 0 Å². The van der Waals surface area contributed by atoms with Crippen molar-refractivity contribution >= 4 is 17.7 Å². The third-order valence-corrected chi connectivity index (χ3v) is 7.06. The Morgan fingerprint density at radius 3 is 2.54 bits per heavy atom. The number of thioether (sulfide) groups is 1. The molecule has 0 aliphatic heterocycles. The van der Waals surface area contributed by atoms with Crippen LogP contribution < -0.4 is 11.1 Å². The van der Waals surface area contributed by atoms with Crippen LogP contribution in [-0.4, -0.2) is 31.4 Å². The summed E-state index contributed by atoms with van der Waals surface area (Å²) in [6, 6.07) is 8.84. The number of benzene rings is 1. The molecule has 0 aromatic heterocycles. The van der Waals surface area contributed by atoms with E-state index in [1.54, 1.807) is 18.9 Å². The van der Waals surface area contributed by atoms with E-state index < -0.39 is 0 Å². The fourth-order valence-corrected chi connectivity index (χ4v) is 5.33. The Morgan fingerprint density at radius 2 is 1.92 bits per heavy atom. The number of methoxy groups -OCH3 is 1. The Balaban J connectivity index is 1.52. The summed E-state index contributed by atoms with van der Waals surface area (Å²) >= 11 is 1.79. The van der Waals surface area contributed by atoms with Crippen molar-refractivity contribution in [3.63, 3.8) is 0 Å². The van der Waals surface area contributed by atoms with Gasteiger partial charge < -0.3 is 15.8 Å². The average molecular weight is 377 g/mol. The number of amides is 1. The van der Waals surface area contributed by atoms with Crippen molar-refractivity contribution in [1.82, 2.24) is 5.32 Å². The number of ether oxygens (including phenoxy) is 1. The molecule has 0 saturated heterocycles. The van der Waals surface area contributed by atoms with Crippen LogP contribution in [0.3, 0.4) is 0 Å². The van der Waals surface area contributed by atoms with E-state index in [-0.39, 0.29) is 17.9 Å². The van der Waals surface area contributed by atoms with Gasteiger partial charge in [-0.25, -0.2) is 0 Å². The predicted octanol–water partition coefficient (Wildman–Crippen LogP) is 3.76. The van der Waals surface area contributed by atoms with Crippen LogP contribution in [0.4, 0.5) is 0 Å². The standard InChI is InChI=1S/C21H32N2O2S/c1-14(15-6-8-19(9-7-15)26-11-10-25-2)23-21(24)18-12-16-4-3-5-17(13-18)20(16)22/h6-9,14,16-18,20H,3-5,10-13,22H2,1-2H3,(H,23,24). The second kappa shape index (κ2) is 9.25. The van der Waals surface area contributed by atoms with Gasteiger partial charge in [0.1, 0.15) is 0 Å². The summed E-state index contributed by atoms with van der Waals surface area (Å²) in [6.45, 7) is 2.83. The number of hydrogen-bond donors (Lipinski definition) is 2. The number of carbonyl (C=O) groups excluding carboxylic acids is 1. The Hall–Kier alpha value is -1.04. The van der Waals surface area contributed by atoms with E-state index in [0.717, 1.165) is 30.8 Å². The number of nitrogens with two attached hydrogens (primary N) is 1. The molecule has 1 amide bonds. The van der Waals surface area contributed by atoms with Crippen molar-refractivity contribution in [2.24, 2.45) is 23.5 Å². The minimum absolute atomic E-state index is 0.0379. The van der Waals surface area contributed by atoms with Gasteiger partial charge in [0, 0.05) is 29.7 Å². The molecule has 5 heteroatoms. The van der Waals surface area contributed by atoms with E-state index in [0.29, 0.717) is 17.9 Å². The SMILES string of the molecule is COCCSc1ccc(C(C)NC(=O)C2CC3CCCC(C2)C3N)cc1. The van der Waals surface area contributed by atoms with Gasteiger partial charge in [0.25, 0.3) is 0 Å². The topological polar surface area (TPSA) is 64.3 Å². The summed E-state index contributed by atoms with van der Waals surface area (Å²) in [5.41, 5.74) is 7.51. The summed E-state index contributed by atoms with van der Waals surface area (Å²) in [7, 11) is 1.72. The summed E-state index contributed by atoms with van der Waals surface area (Å²) in [5, 5.41) is 3.24. The van der Waals surface area contributed by atoms with E-state index in [1.165, 1.54) is 24.2 Å². The Bertz CT molecular complexity index is 578. The van der Waals surface area contributed by atoms with Crippen LogP contribution in [0.1, 0.15) is 50.6 Å². The lowest BCUT2D eigenvalue weighted by Crippen LogP contribution is -2.49. The van der Waals surface area contributed by atoms with Gasteiger partial charge in [-0.15, -0.1) is 11.8 Å². The molecule has 2 aliphatic rings. The molecular formula is C21H32N2O2S. The van der Waals surface area contributed by atoms with Crippen molar-refractivity contribution in [2.75, 3.05) is 19.5 Å². The summed E-state index contributed by atoms with van der Waals surface area (Å²) < 4.78 is 5.08. The number of hydrogen-bond acceptors (Lipinski definition) is 4. The molecule has 1 aromatic rings. The van der Waals surface area contributed by atoms with E-state index in [2.05, 4.69) is 36.5 Å². The maximum atomic E-state index is 12.8. The zero-order valence-electron chi connectivity index (χ0n) is 15.9. The second-order valence-corrected chi connectivity index (χ2v) is 9.01. The van der Waals surface area contributed by atoms with Crippen LogP contribution in [-0.2, 0) is 9.53 Å². The Morgan fingerprint density at radius 1 is 1.27 bits per heavy atom. The van der Waals surface area contributed by atoms with Crippen LogP contribution >= 0.6 is 11.8 Å². The minimum Gasteiger partial charge on any atom is -0.384 e. The van der Waals surface area contributed by atoms with Crippen molar-refractivity contribution < 1.29 is 9.53 Å². The van der Waals surface area contributed by atoms with Crippen molar-refractivity contribution in [1.29, 1.82) is 0 Å². The molecule has 26 heavy (non-hydrogen) atoms. The first-order chi connectivity index (χ1) is 12.6. The van der Waals surface area contributed by atoms with Crippen LogP contribution in [0.2, 0.25) is 0 Å². The first kappa shape index (κ1) is 19.7. The average Bonchev–Trinajstić information content (AvgIpc) is 2.62. The maximum Gasteiger partial charge on any atom is 0.223 e. The minimum atomic E-state index is 0.0379. The molecule has 0 spiro atoms. The normalized spacial score (nSPS) is 29.2. The highest BCUT2D eigenvalue weighted by Crippen LogP contribution is 2.42. The van der Waals surface area contributed by atoms with Crippen LogP contribution in [0.5, 0.6) is 0 Å². The number of rotatable bonds is 7. The van der Waals surface area contributed by atoms with E-state index in [9.17, 15) is 4.79 Å². The predicted molar refractivity (Wildman–Crippen MR) is 107 cm³/mol. The van der Waals surface area contributed by atoms with Gasteiger partial charge in [0.2, 0.25) is 5.91 Å². The van der Waals surface area contributed by atoms with Crippen LogP contribution in [0, 0.1) is 17.8 Å². The first-order valence-electron chi connectivity index (χ1n) is 9.86. The number of nitrogens with one attached hydrogen (secondary N) is 1. The molecular weight excluding hydrogens is 344 g/mol. The molecule has 2 fully saturated rings. The molecule has 0 radical (unpaired) electrons. The highest BCUT2D eigenvalue weighted by molar-refractivity contribution is 7.99. The van der Waals surface area contributed by atoms with Crippen LogP contribution in [0.25, 0.3) is 0 Å². The molecule has 0 heterocycles. The molecule has 2 aliphatic carbocycles. The number of fused-ring (bicyclic) bond motifs is 2. The van der Waals surface area contributed by atoms with Gasteiger partial charge in [0.15, 0.2) is 0 Å². The molecule has 3 rings (SSSR count). The monoisotopic (exact) mass is 376 g/mol. The Kier molecular flexibility index (Phi) is 7.01. The second-order valence-electron chi connectivity index (χ2n) is 7.84. The summed E-state index contributed by atoms with van der Waals surface area (Å²) in [4.78, 5) is 14.0. The Labute approximate surface area is 161 Å². The number of carbonyl (C=O) groups is 1. The zero-order valence-corrected chi connectivity index (χ0v) is 16.8. The van der Waals surface area contributed by atoms with Gasteiger partial charge in [0.05, 0.1) is 12.6 Å². The van der Waals surface area contributed by atoms with Crippen LogP contribution in [0.15, 0.2) is 29.2 Å². The largest absolute Gasteiger partial charge is 0.384 e. The fourth-order valence-electron chi connectivity index (χ4n) is 4.51. The summed E-state index contributed by atoms with van der Waals surface area (Å²) in [6.07, 6.45) is 5.59. The van der Waals surface area contributed by atoms with E-state index in [4.69, 9.17) is 10.5 Å². The van der Waals surface area contributed by atoms with Crippen molar-refractivity contribution in [3.05, 3.63) is 29.8 Å². The lowest BCUT2D eigenvalue weighted by atomic mass is 9.65. The van der Waals surface area contributed by atoms with Gasteiger partial charge in [-0.2, -0.15) is 0 Å². The molecule has 2 saturated carbocycles. The molecule has 144 valence electrons. The van der Waals surface area contributed by atoms with Crippen molar-refractivity contribution in [3.8, 4) is 0 Å². The van der Waals surface area contributed by atoms with Gasteiger partial charge >= 0.3 is 0 Å². The zero-order chi connectivity index (χ0) is 18.5. The lowest BCUT2D eigenvalue weighted by molar-refractivity contribution is -0.128. The molecule has 4 nitrogen and oxygen atoms in total. The third kappa shape index (κ3) is 4.81. The van der Waals surface area contributed by atoms with Gasteiger partial charge in [-0.05, 0) is 62.1 Å². The smallest absolute Gasteiger partial charge is 0.223 e. The van der Waals surface area contributed by atoms with Gasteiger partial charge in [-0.1, -0.05) is 18.6 Å². The molecule has 2 bridgehead atoms. The quantitative estimate of drug-likeness (QED) is 0.562. The molecule has 1 aromatic carbocycles. The third-order valence-electron chi connectivity index (χ3n) is 6.08. The highest BCUT2D eigenvalue weighted by atomic mass is 32.2. The molecule has 3 unspecified atom stereocenters.